The van der Waals surface area contributed by atoms with E-state index in [1.165, 1.54) is 12.0 Å². The summed E-state index contributed by atoms with van der Waals surface area (Å²) in [6.45, 7) is -0.959. The summed E-state index contributed by atoms with van der Waals surface area (Å²) in [5.41, 5.74) is -1.46. The number of alkyl halides is 6. The molecule has 0 N–H and O–H groups in total. The van der Waals surface area contributed by atoms with Crippen molar-refractivity contribution in [3.8, 4) is 0 Å². The van der Waals surface area contributed by atoms with Crippen LogP contribution in [0, 0.1) is 5.92 Å². The van der Waals surface area contributed by atoms with Gasteiger partial charge in [-0.25, -0.2) is 4.98 Å². The first-order valence-corrected chi connectivity index (χ1v) is 8.55. The van der Waals surface area contributed by atoms with Crippen molar-refractivity contribution in [1.29, 1.82) is 0 Å². The van der Waals surface area contributed by atoms with Gasteiger partial charge in [0.25, 0.3) is 0 Å². The Kier molecular flexibility index (Phi) is 5.20. The third kappa shape index (κ3) is 4.41. The molecule has 1 fully saturated rings. The molecular formula is C14H14F6N4O2S. The van der Waals surface area contributed by atoms with Crippen LogP contribution in [-0.2, 0) is 28.9 Å². The summed E-state index contributed by atoms with van der Waals surface area (Å²) in [6, 6.07) is 0. The van der Waals surface area contributed by atoms with Crippen LogP contribution in [0.5, 0.6) is 0 Å². The zero-order valence-electron chi connectivity index (χ0n) is 13.9. The van der Waals surface area contributed by atoms with Crippen LogP contribution in [0.15, 0.2) is 0 Å². The molecule has 27 heavy (non-hydrogen) atoms. The first kappa shape index (κ1) is 20.0. The Morgan fingerprint density at radius 2 is 1.96 bits per heavy atom. The lowest BCUT2D eigenvalue weighted by molar-refractivity contribution is -0.150. The van der Waals surface area contributed by atoms with Crippen LogP contribution >= 0.6 is 11.3 Å². The standard InChI is InChI=1S/C14H14F6N4O2S/c1-26-6-10-22-24-11(14(18,19)20)8(21-12(24)27-10)4-23-3-7(9(25)5-23)2-13(15,16)17/h7H,2-6H2,1H3/t7-/m1/s1. The number of halogens is 6. The Morgan fingerprint density at radius 1 is 1.26 bits per heavy atom. The van der Waals surface area contributed by atoms with E-state index >= 15 is 0 Å². The van der Waals surface area contributed by atoms with E-state index in [0.717, 1.165) is 11.3 Å². The number of nitrogens with zero attached hydrogens (tertiary/aromatic N) is 4. The number of fused-ring (bicyclic) bond motifs is 1. The predicted molar refractivity (Wildman–Crippen MR) is 81.0 cm³/mol. The van der Waals surface area contributed by atoms with Crippen molar-refractivity contribution in [1.82, 2.24) is 19.5 Å². The molecule has 0 aliphatic carbocycles. The predicted octanol–water partition coefficient (Wildman–Crippen LogP) is 2.91. The van der Waals surface area contributed by atoms with Crippen LogP contribution in [-0.4, -0.2) is 51.7 Å². The monoisotopic (exact) mass is 416 g/mol. The number of rotatable bonds is 5. The highest BCUT2D eigenvalue weighted by Gasteiger charge is 2.43. The third-order valence-electron chi connectivity index (χ3n) is 4.02. The Bertz CT molecular complexity index is 843. The highest BCUT2D eigenvalue weighted by Crippen LogP contribution is 2.35. The fourth-order valence-electron chi connectivity index (χ4n) is 3.02. The summed E-state index contributed by atoms with van der Waals surface area (Å²) < 4.78 is 83.5. The zero-order chi connectivity index (χ0) is 20.0. The first-order valence-electron chi connectivity index (χ1n) is 7.73. The Labute approximate surface area is 152 Å². The smallest absolute Gasteiger partial charge is 0.377 e. The van der Waals surface area contributed by atoms with E-state index in [4.69, 9.17) is 4.74 Å². The minimum atomic E-state index is -4.76. The van der Waals surface area contributed by atoms with Gasteiger partial charge in [-0.2, -0.15) is 36.0 Å². The van der Waals surface area contributed by atoms with Crippen molar-refractivity contribution >= 4 is 22.1 Å². The molecule has 13 heteroatoms. The van der Waals surface area contributed by atoms with Crippen molar-refractivity contribution in [2.24, 2.45) is 5.92 Å². The van der Waals surface area contributed by atoms with Gasteiger partial charge in [-0.05, 0) is 0 Å². The maximum absolute atomic E-state index is 13.5. The number of ether oxygens (including phenoxy) is 1. The number of likely N-dealkylation sites (tertiary alicyclic amines) is 1. The number of aromatic nitrogens is 3. The molecule has 2 aromatic heterocycles. The maximum Gasteiger partial charge on any atom is 0.435 e. The number of carbonyl (C=O) groups excluding carboxylic acids is 1. The van der Waals surface area contributed by atoms with Crippen LogP contribution < -0.4 is 0 Å². The average molecular weight is 416 g/mol. The molecule has 0 bridgehead atoms. The van der Waals surface area contributed by atoms with Crippen molar-refractivity contribution < 1.29 is 35.9 Å². The molecule has 3 rings (SSSR count). The lowest BCUT2D eigenvalue weighted by atomic mass is 10.0. The molecule has 2 aromatic rings. The van der Waals surface area contributed by atoms with E-state index in [-0.39, 0.29) is 36.9 Å². The van der Waals surface area contributed by atoms with Crippen molar-refractivity contribution in [2.75, 3.05) is 20.2 Å². The fourth-order valence-corrected chi connectivity index (χ4v) is 3.91. The Morgan fingerprint density at radius 3 is 2.56 bits per heavy atom. The molecule has 1 aliphatic rings. The minimum Gasteiger partial charge on any atom is -0.377 e. The SMILES string of the molecule is COCc1nn2c(C(F)(F)F)c(CN3CC(=O)[C@H](CC(F)(F)F)C3)nc2s1. The van der Waals surface area contributed by atoms with E-state index in [0.29, 0.717) is 9.52 Å². The second-order valence-corrected chi connectivity index (χ2v) is 7.22. The normalized spacial score (nSPS) is 19.5. The molecule has 0 aromatic carbocycles. The van der Waals surface area contributed by atoms with Gasteiger partial charge in [-0.1, -0.05) is 11.3 Å². The van der Waals surface area contributed by atoms with E-state index in [1.807, 2.05) is 0 Å². The lowest BCUT2D eigenvalue weighted by Gasteiger charge is -2.16. The van der Waals surface area contributed by atoms with Gasteiger partial charge in [0.1, 0.15) is 5.01 Å². The van der Waals surface area contributed by atoms with Crippen molar-refractivity contribution in [2.45, 2.75) is 31.9 Å². The van der Waals surface area contributed by atoms with Gasteiger partial charge in [0, 0.05) is 26.1 Å². The molecule has 1 atom stereocenters. The molecule has 1 aliphatic heterocycles. The Hall–Kier alpha value is -1.73. The highest BCUT2D eigenvalue weighted by molar-refractivity contribution is 7.16. The van der Waals surface area contributed by atoms with E-state index in [1.54, 1.807) is 0 Å². The first-order chi connectivity index (χ1) is 12.5. The molecule has 150 valence electrons. The van der Waals surface area contributed by atoms with E-state index < -0.39 is 36.2 Å². The summed E-state index contributed by atoms with van der Waals surface area (Å²) in [5.74, 6) is -1.91. The zero-order valence-corrected chi connectivity index (χ0v) is 14.7. The molecule has 0 saturated carbocycles. The summed E-state index contributed by atoms with van der Waals surface area (Å²) in [5, 5.41) is 4.14. The van der Waals surface area contributed by atoms with Crippen molar-refractivity contribution in [3.05, 3.63) is 16.4 Å². The lowest BCUT2D eigenvalue weighted by Crippen LogP contribution is -2.24. The molecule has 0 radical (unpaired) electrons. The Balaban J connectivity index is 1.85. The van der Waals surface area contributed by atoms with Crippen molar-refractivity contribution in [3.63, 3.8) is 0 Å². The number of Topliss-reactive ketones (excluding diaryl/α,β-unsaturated/α-hetero) is 1. The van der Waals surface area contributed by atoms with Gasteiger partial charge in [-0.3, -0.25) is 9.69 Å². The summed E-state index contributed by atoms with van der Waals surface area (Å²) in [4.78, 5) is 16.9. The molecule has 1 saturated heterocycles. The summed E-state index contributed by atoms with van der Waals surface area (Å²) in [7, 11) is 1.38. The van der Waals surface area contributed by atoms with Crippen LogP contribution in [0.4, 0.5) is 26.3 Å². The topological polar surface area (TPSA) is 59.7 Å². The number of imidazole rings is 1. The van der Waals surface area contributed by atoms with Gasteiger partial charge < -0.3 is 4.74 Å². The number of hydrogen-bond donors (Lipinski definition) is 0. The largest absolute Gasteiger partial charge is 0.435 e. The number of ketones is 1. The van der Waals surface area contributed by atoms with E-state index in [2.05, 4.69) is 10.1 Å². The third-order valence-corrected chi connectivity index (χ3v) is 4.90. The van der Waals surface area contributed by atoms with Gasteiger partial charge in [0.05, 0.1) is 25.3 Å². The molecule has 0 spiro atoms. The van der Waals surface area contributed by atoms with Crippen LogP contribution in [0.1, 0.15) is 22.8 Å². The minimum absolute atomic E-state index is 0.00161. The van der Waals surface area contributed by atoms with Crippen LogP contribution in [0.3, 0.4) is 0 Å². The quantitative estimate of drug-likeness (QED) is 0.702. The van der Waals surface area contributed by atoms with Gasteiger partial charge in [0.15, 0.2) is 11.5 Å². The maximum atomic E-state index is 13.5. The number of methoxy groups -OCH3 is 1. The van der Waals surface area contributed by atoms with Gasteiger partial charge in [-0.15, -0.1) is 0 Å². The second kappa shape index (κ2) is 7.02. The number of hydrogen-bond acceptors (Lipinski definition) is 6. The van der Waals surface area contributed by atoms with E-state index in [9.17, 15) is 31.1 Å². The molecule has 0 unspecified atom stereocenters. The summed E-state index contributed by atoms with van der Waals surface area (Å²) in [6.07, 6.45) is -10.6. The fraction of sp³-hybridized carbons (Fsp3) is 0.643. The number of carbonyl (C=O) groups is 1. The van der Waals surface area contributed by atoms with Crippen LogP contribution in [0.25, 0.3) is 4.96 Å². The van der Waals surface area contributed by atoms with Gasteiger partial charge in [0.2, 0.25) is 4.96 Å². The summed E-state index contributed by atoms with van der Waals surface area (Å²) >= 11 is 0.921. The molecular weight excluding hydrogens is 402 g/mol. The molecule has 0 amide bonds. The van der Waals surface area contributed by atoms with Gasteiger partial charge >= 0.3 is 12.4 Å². The second-order valence-electron chi connectivity index (χ2n) is 6.18. The molecule has 3 heterocycles. The van der Waals surface area contributed by atoms with Crippen LogP contribution in [0.2, 0.25) is 0 Å². The molecule has 6 nitrogen and oxygen atoms in total. The highest BCUT2D eigenvalue weighted by atomic mass is 32.1. The average Bonchev–Trinajstić information content (AvgIpc) is 3.10.